The molecule has 86 valence electrons. The third kappa shape index (κ3) is 1.91. The lowest BCUT2D eigenvalue weighted by Gasteiger charge is -2.22. The largest absolute Gasteiger partial charge is 0.369 e. The van der Waals surface area contributed by atoms with Gasteiger partial charge >= 0.3 is 0 Å². The number of primary amides is 1. The summed E-state index contributed by atoms with van der Waals surface area (Å²) in [7, 11) is 0. The minimum atomic E-state index is -0.434. The summed E-state index contributed by atoms with van der Waals surface area (Å²) in [5.41, 5.74) is 4.98. The van der Waals surface area contributed by atoms with Crippen LogP contribution in [0.3, 0.4) is 0 Å². The van der Waals surface area contributed by atoms with Crippen molar-refractivity contribution in [1.29, 1.82) is 0 Å². The number of aromatic nitrogens is 1. The van der Waals surface area contributed by atoms with Gasteiger partial charge < -0.3 is 10.6 Å². The quantitative estimate of drug-likeness (QED) is 0.896. The summed E-state index contributed by atoms with van der Waals surface area (Å²) in [4.78, 5) is 17.8. The van der Waals surface area contributed by atoms with Crippen LogP contribution in [0.1, 0.15) is 13.3 Å². The van der Waals surface area contributed by atoms with E-state index in [2.05, 4.69) is 25.8 Å². The fourth-order valence-corrected chi connectivity index (χ4v) is 2.46. The lowest BCUT2D eigenvalue weighted by atomic mass is 9.89. The number of carbonyl (C=O) groups excluding carboxylic acids is 1. The average molecular weight is 284 g/mol. The molecule has 0 aliphatic carbocycles. The van der Waals surface area contributed by atoms with Crippen molar-refractivity contribution in [3.05, 3.63) is 22.8 Å². The molecule has 2 N–H and O–H groups in total. The summed E-state index contributed by atoms with van der Waals surface area (Å²) in [5.74, 6) is 0.648. The maximum absolute atomic E-state index is 11.3. The number of amides is 1. The van der Waals surface area contributed by atoms with Crippen LogP contribution in [0.15, 0.2) is 22.8 Å². The predicted molar refractivity (Wildman–Crippen MR) is 66.1 cm³/mol. The van der Waals surface area contributed by atoms with Crippen LogP contribution < -0.4 is 10.6 Å². The summed E-state index contributed by atoms with van der Waals surface area (Å²) in [6.07, 6.45) is 2.53. The average Bonchev–Trinajstić information content (AvgIpc) is 2.63. The van der Waals surface area contributed by atoms with Gasteiger partial charge in [-0.25, -0.2) is 4.98 Å². The maximum atomic E-state index is 11.3. The number of pyridine rings is 1. The molecule has 2 rings (SSSR count). The standard InChI is InChI=1S/C11H14BrN3O/c1-11(10(13)16)4-6-15(7-11)9-8(12)3-2-5-14-9/h2-3,5H,4,6-7H2,1H3,(H2,13,16). The molecule has 0 spiro atoms. The van der Waals surface area contributed by atoms with Crippen molar-refractivity contribution in [3.63, 3.8) is 0 Å². The van der Waals surface area contributed by atoms with Crippen LogP contribution in [0.2, 0.25) is 0 Å². The molecule has 2 heterocycles. The van der Waals surface area contributed by atoms with Gasteiger partial charge in [-0.15, -0.1) is 0 Å². The van der Waals surface area contributed by atoms with E-state index in [0.717, 1.165) is 23.3 Å². The van der Waals surface area contributed by atoms with Crippen molar-refractivity contribution in [2.75, 3.05) is 18.0 Å². The molecule has 1 saturated heterocycles. The second kappa shape index (κ2) is 4.05. The van der Waals surface area contributed by atoms with Gasteiger partial charge in [0.2, 0.25) is 5.91 Å². The van der Waals surface area contributed by atoms with E-state index in [4.69, 9.17) is 5.73 Å². The van der Waals surface area contributed by atoms with Gasteiger partial charge in [-0.1, -0.05) is 0 Å². The van der Waals surface area contributed by atoms with Gasteiger partial charge in [0, 0.05) is 19.3 Å². The number of nitrogens with two attached hydrogens (primary N) is 1. The monoisotopic (exact) mass is 283 g/mol. The normalized spacial score (nSPS) is 24.8. The molecule has 0 saturated carbocycles. The fourth-order valence-electron chi connectivity index (χ4n) is 1.95. The van der Waals surface area contributed by atoms with E-state index >= 15 is 0 Å². The van der Waals surface area contributed by atoms with Crippen molar-refractivity contribution in [2.45, 2.75) is 13.3 Å². The third-order valence-corrected chi connectivity index (χ3v) is 3.73. The molecular formula is C11H14BrN3O. The molecule has 0 aromatic carbocycles. The Labute approximate surface area is 103 Å². The number of anilines is 1. The highest BCUT2D eigenvalue weighted by Crippen LogP contribution is 2.34. The minimum absolute atomic E-state index is 0.234. The molecule has 0 bridgehead atoms. The Balaban J connectivity index is 2.22. The molecular weight excluding hydrogens is 270 g/mol. The van der Waals surface area contributed by atoms with Crippen LogP contribution in [0.4, 0.5) is 5.82 Å². The molecule has 1 atom stereocenters. The topological polar surface area (TPSA) is 59.2 Å². The van der Waals surface area contributed by atoms with E-state index in [9.17, 15) is 4.79 Å². The SMILES string of the molecule is CC1(C(N)=O)CCN(c2ncccc2Br)C1. The molecule has 1 aromatic heterocycles. The van der Waals surface area contributed by atoms with Crippen molar-refractivity contribution in [2.24, 2.45) is 11.1 Å². The lowest BCUT2D eigenvalue weighted by molar-refractivity contribution is -0.125. The second-order valence-corrected chi connectivity index (χ2v) is 5.26. The van der Waals surface area contributed by atoms with E-state index in [0.29, 0.717) is 6.54 Å². The molecule has 1 unspecified atom stereocenters. The Morgan fingerprint density at radius 2 is 2.44 bits per heavy atom. The van der Waals surface area contributed by atoms with E-state index in [1.165, 1.54) is 0 Å². The van der Waals surface area contributed by atoms with E-state index in [1.807, 2.05) is 19.1 Å². The van der Waals surface area contributed by atoms with Crippen molar-refractivity contribution in [3.8, 4) is 0 Å². The zero-order chi connectivity index (χ0) is 11.8. The minimum Gasteiger partial charge on any atom is -0.369 e. The maximum Gasteiger partial charge on any atom is 0.225 e. The van der Waals surface area contributed by atoms with Crippen LogP contribution in [0.25, 0.3) is 0 Å². The van der Waals surface area contributed by atoms with Crippen molar-refractivity contribution < 1.29 is 4.79 Å². The van der Waals surface area contributed by atoms with E-state index in [1.54, 1.807) is 6.20 Å². The van der Waals surface area contributed by atoms with Crippen LogP contribution in [-0.2, 0) is 4.79 Å². The van der Waals surface area contributed by atoms with Gasteiger partial charge in [0.05, 0.1) is 9.89 Å². The van der Waals surface area contributed by atoms with Crippen LogP contribution in [0.5, 0.6) is 0 Å². The summed E-state index contributed by atoms with van der Waals surface area (Å²) in [6, 6.07) is 3.82. The van der Waals surface area contributed by atoms with Crippen molar-refractivity contribution in [1.82, 2.24) is 4.98 Å². The van der Waals surface area contributed by atoms with Crippen LogP contribution in [-0.4, -0.2) is 24.0 Å². The summed E-state index contributed by atoms with van der Waals surface area (Å²) in [6.45, 7) is 3.36. The first-order valence-electron chi connectivity index (χ1n) is 5.18. The zero-order valence-corrected chi connectivity index (χ0v) is 10.7. The Morgan fingerprint density at radius 1 is 1.69 bits per heavy atom. The Morgan fingerprint density at radius 3 is 3.00 bits per heavy atom. The van der Waals surface area contributed by atoms with Crippen molar-refractivity contribution >= 4 is 27.7 Å². The number of rotatable bonds is 2. The van der Waals surface area contributed by atoms with Gasteiger partial charge in [-0.2, -0.15) is 0 Å². The van der Waals surface area contributed by atoms with Crippen LogP contribution >= 0.6 is 15.9 Å². The molecule has 1 fully saturated rings. The molecule has 1 aliphatic rings. The van der Waals surface area contributed by atoms with Crippen LogP contribution in [0, 0.1) is 5.41 Å². The number of hydrogen-bond acceptors (Lipinski definition) is 3. The molecule has 1 amide bonds. The molecule has 4 nitrogen and oxygen atoms in total. The number of carbonyl (C=O) groups is 1. The molecule has 16 heavy (non-hydrogen) atoms. The van der Waals surface area contributed by atoms with E-state index < -0.39 is 5.41 Å². The summed E-state index contributed by atoms with van der Waals surface area (Å²) < 4.78 is 0.948. The van der Waals surface area contributed by atoms with Gasteiger partial charge in [0.15, 0.2) is 0 Å². The fraction of sp³-hybridized carbons (Fsp3) is 0.455. The summed E-state index contributed by atoms with van der Waals surface area (Å²) in [5, 5.41) is 0. The first-order valence-corrected chi connectivity index (χ1v) is 5.98. The molecule has 1 aromatic rings. The first kappa shape index (κ1) is 11.4. The number of nitrogens with zero attached hydrogens (tertiary/aromatic N) is 2. The smallest absolute Gasteiger partial charge is 0.225 e. The molecule has 5 heteroatoms. The molecule has 0 radical (unpaired) electrons. The Kier molecular flexibility index (Phi) is 2.88. The van der Waals surface area contributed by atoms with E-state index in [-0.39, 0.29) is 5.91 Å². The third-order valence-electron chi connectivity index (χ3n) is 3.11. The highest BCUT2D eigenvalue weighted by atomic mass is 79.9. The predicted octanol–water partition coefficient (Wildman–Crippen LogP) is 1.55. The van der Waals surface area contributed by atoms with Gasteiger partial charge in [0.1, 0.15) is 5.82 Å². The van der Waals surface area contributed by atoms with Gasteiger partial charge in [-0.3, -0.25) is 4.79 Å². The highest BCUT2D eigenvalue weighted by Gasteiger charge is 2.39. The zero-order valence-electron chi connectivity index (χ0n) is 9.11. The summed E-state index contributed by atoms with van der Waals surface area (Å²) >= 11 is 3.46. The Hall–Kier alpha value is -1.10. The first-order chi connectivity index (χ1) is 7.53. The Bertz CT molecular complexity index is 423. The second-order valence-electron chi connectivity index (χ2n) is 4.41. The van der Waals surface area contributed by atoms with Gasteiger partial charge in [-0.05, 0) is 41.4 Å². The lowest BCUT2D eigenvalue weighted by Crippen LogP contribution is -2.37. The highest BCUT2D eigenvalue weighted by molar-refractivity contribution is 9.10. The van der Waals surface area contributed by atoms with Gasteiger partial charge in [0.25, 0.3) is 0 Å². The molecule has 1 aliphatic heterocycles. The number of halogens is 1. The number of hydrogen-bond donors (Lipinski definition) is 1.